The maximum atomic E-state index is 12.1. The Morgan fingerprint density at radius 1 is 1.08 bits per heavy atom. The molecule has 24 heavy (non-hydrogen) atoms. The molecule has 0 aromatic heterocycles. The number of carbonyl (C=O) groups excluding carboxylic acids is 3. The quantitative estimate of drug-likeness (QED) is 0.570. The summed E-state index contributed by atoms with van der Waals surface area (Å²) in [4.78, 5) is 35.1. The highest BCUT2D eigenvalue weighted by atomic mass is 16.2. The number of hydrogen-bond acceptors (Lipinski definition) is 3. The lowest BCUT2D eigenvalue weighted by molar-refractivity contribution is -0.137. The summed E-state index contributed by atoms with van der Waals surface area (Å²) in [5, 5.41) is 0. The van der Waals surface area contributed by atoms with Crippen molar-refractivity contribution in [2.75, 3.05) is 0 Å². The van der Waals surface area contributed by atoms with Crippen LogP contribution in [0.2, 0.25) is 0 Å². The van der Waals surface area contributed by atoms with Gasteiger partial charge in [-0.3, -0.25) is 14.4 Å². The highest BCUT2D eigenvalue weighted by Crippen LogP contribution is 2.66. The molecule has 3 heteroatoms. The average Bonchev–Trinajstić information content (AvgIpc) is 2.92. The Kier molecular flexibility index (Phi) is 3.63. The number of aldehydes is 1. The van der Waals surface area contributed by atoms with Crippen LogP contribution in [-0.2, 0) is 14.4 Å². The van der Waals surface area contributed by atoms with Gasteiger partial charge in [0.2, 0.25) is 0 Å². The summed E-state index contributed by atoms with van der Waals surface area (Å²) in [5.41, 5.74) is 1.59. The molecule has 3 saturated carbocycles. The third-order valence-electron chi connectivity index (χ3n) is 8.42. The highest BCUT2D eigenvalue weighted by molar-refractivity contribution is 6.26. The van der Waals surface area contributed by atoms with Crippen molar-refractivity contribution in [3.8, 4) is 0 Å². The third-order valence-corrected chi connectivity index (χ3v) is 8.42. The number of carbonyl (C=O) groups is 3. The van der Waals surface area contributed by atoms with Gasteiger partial charge in [0.05, 0.1) is 0 Å². The van der Waals surface area contributed by atoms with Gasteiger partial charge in [-0.05, 0) is 79.6 Å². The molecule has 0 spiro atoms. The van der Waals surface area contributed by atoms with Crippen LogP contribution in [0.5, 0.6) is 0 Å². The van der Waals surface area contributed by atoms with Gasteiger partial charge in [-0.1, -0.05) is 19.4 Å². The molecule has 130 valence electrons. The third kappa shape index (κ3) is 2.06. The van der Waals surface area contributed by atoms with Gasteiger partial charge < -0.3 is 0 Å². The number of allylic oxidation sites excluding steroid dienone is 1. The molecule has 0 amide bonds. The summed E-state index contributed by atoms with van der Waals surface area (Å²) >= 11 is 0. The summed E-state index contributed by atoms with van der Waals surface area (Å²) in [6.45, 7) is 4.65. The van der Waals surface area contributed by atoms with E-state index in [-0.39, 0.29) is 22.5 Å². The van der Waals surface area contributed by atoms with Crippen molar-refractivity contribution in [3.63, 3.8) is 0 Å². The zero-order valence-corrected chi connectivity index (χ0v) is 14.8. The van der Waals surface area contributed by atoms with Crippen LogP contribution in [-0.4, -0.2) is 17.9 Å². The summed E-state index contributed by atoms with van der Waals surface area (Å²) in [7, 11) is 0. The molecule has 4 aliphatic rings. The van der Waals surface area contributed by atoms with Gasteiger partial charge in [-0.25, -0.2) is 0 Å². The fraction of sp³-hybridized carbons (Fsp3) is 0.762. The summed E-state index contributed by atoms with van der Waals surface area (Å²) in [5.74, 6) is 1.94. The predicted molar refractivity (Wildman–Crippen MR) is 91.3 cm³/mol. The smallest absolute Gasteiger partial charge is 0.198 e. The standard InChI is InChI=1S/C21H28O3/c1-20-9-7-14(23)11-13(20)3-4-15-16-5-6-18(19(24)12-22)21(16,2)10-8-17(15)20/h11-12,15-18H,3-10H2,1-2H3/t15-,16-,17-,18+,20-,21-/m0/s1. The molecule has 0 aromatic carbocycles. The minimum absolute atomic E-state index is 0.0151. The molecule has 0 saturated heterocycles. The first kappa shape index (κ1) is 16.2. The maximum Gasteiger partial charge on any atom is 0.198 e. The van der Waals surface area contributed by atoms with Gasteiger partial charge in [0.25, 0.3) is 0 Å². The zero-order chi connectivity index (χ0) is 17.1. The van der Waals surface area contributed by atoms with Crippen LogP contribution in [0.3, 0.4) is 0 Å². The number of hydrogen-bond donors (Lipinski definition) is 0. The number of ketones is 2. The van der Waals surface area contributed by atoms with Gasteiger partial charge in [-0.15, -0.1) is 0 Å². The van der Waals surface area contributed by atoms with Crippen LogP contribution in [0.1, 0.15) is 65.2 Å². The van der Waals surface area contributed by atoms with Crippen LogP contribution in [0.25, 0.3) is 0 Å². The first-order valence-corrected chi connectivity index (χ1v) is 9.63. The van der Waals surface area contributed by atoms with Crippen molar-refractivity contribution in [3.05, 3.63) is 11.6 Å². The Labute approximate surface area is 144 Å². The van der Waals surface area contributed by atoms with Crippen molar-refractivity contribution in [2.24, 2.45) is 34.5 Å². The van der Waals surface area contributed by atoms with Gasteiger partial charge in [-0.2, -0.15) is 0 Å². The van der Waals surface area contributed by atoms with Gasteiger partial charge in [0, 0.05) is 12.3 Å². The predicted octanol–water partition coefficient (Wildman–Crippen LogP) is 3.90. The Morgan fingerprint density at radius 2 is 1.88 bits per heavy atom. The lowest BCUT2D eigenvalue weighted by Crippen LogP contribution is -2.51. The van der Waals surface area contributed by atoms with E-state index >= 15 is 0 Å². The highest BCUT2D eigenvalue weighted by Gasteiger charge is 2.59. The lowest BCUT2D eigenvalue weighted by atomic mass is 9.46. The Morgan fingerprint density at radius 3 is 2.62 bits per heavy atom. The second-order valence-electron chi connectivity index (χ2n) is 9.16. The van der Waals surface area contributed by atoms with E-state index in [4.69, 9.17) is 0 Å². The topological polar surface area (TPSA) is 51.2 Å². The van der Waals surface area contributed by atoms with Crippen molar-refractivity contribution in [1.82, 2.24) is 0 Å². The van der Waals surface area contributed by atoms with Crippen LogP contribution in [0.15, 0.2) is 11.6 Å². The van der Waals surface area contributed by atoms with E-state index in [1.165, 1.54) is 5.57 Å². The zero-order valence-electron chi connectivity index (χ0n) is 14.8. The van der Waals surface area contributed by atoms with E-state index in [1.54, 1.807) is 0 Å². The first-order valence-electron chi connectivity index (χ1n) is 9.63. The molecule has 0 unspecified atom stereocenters. The molecule has 0 heterocycles. The molecular weight excluding hydrogens is 300 g/mol. The van der Waals surface area contributed by atoms with Crippen LogP contribution in [0, 0.1) is 34.5 Å². The molecule has 3 fully saturated rings. The van der Waals surface area contributed by atoms with Gasteiger partial charge >= 0.3 is 0 Å². The molecule has 6 atom stereocenters. The van der Waals surface area contributed by atoms with Crippen molar-refractivity contribution < 1.29 is 14.4 Å². The second kappa shape index (κ2) is 5.37. The van der Waals surface area contributed by atoms with Crippen molar-refractivity contribution in [1.29, 1.82) is 0 Å². The fourth-order valence-corrected chi connectivity index (χ4v) is 7.11. The number of fused-ring (bicyclic) bond motifs is 5. The van der Waals surface area contributed by atoms with Crippen molar-refractivity contribution >= 4 is 17.9 Å². The van der Waals surface area contributed by atoms with E-state index in [0.29, 0.717) is 36.2 Å². The minimum Gasteiger partial charge on any atom is -0.295 e. The maximum absolute atomic E-state index is 12.1. The van der Waals surface area contributed by atoms with Crippen molar-refractivity contribution in [2.45, 2.75) is 65.2 Å². The largest absolute Gasteiger partial charge is 0.295 e. The fourth-order valence-electron chi connectivity index (χ4n) is 7.11. The van der Waals surface area contributed by atoms with Crippen LogP contribution in [0.4, 0.5) is 0 Å². The van der Waals surface area contributed by atoms with E-state index in [9.17, 15) is 14.4 Å². The molecule has 0 N–H and O–H groups in total. The lowest BCUT2D eigenvalue weighted by Gasteiger charge is -2.58. The van der Waals surface area contributed by atoms with E-state index < -0.39 is 0 Å². The summed E-state index contributed by atoms with van der Waals surface area (Å²) in [6.07, 6.45) is 10.6. The van der Waals surface area contributed by atoms with Gasteiger partial charge in [0.15, 0.2) is 17.9 Å². The van der Waals surface area contributed by atoms with Crippen LogP contribution >= 0.6 is 0 Å². The Hall–Kier alpha value is -1.25. The number of rotatable bonds is 2. The molecule has 0 aliphatic heterocycles. The Balaban J connectivity index is 1.66. The SMILES string of the molecule is C[C@]12CC[C@H]3[C@@H](CCC4=CC(=O)CC[C@@]43C)[C@@H]1CC[C@@H]2C(=O)C=O. The first-order chi connectivity index (χ1) is 11.4. The van der Waals surface area contributed by atoms with E-state index in [2.05, 4.69) is 13.8 Å². The molecule has 0 aromatic rings. The second-order valence-corrected chi connectivity index (χ2v) is 9.16. The molecule has 0 radical (unpaired) electrons. The monoisotopic (exact) mass is 328 g/mol. The molecule has 4 aliphatic carbocycles. The van der Waals surface area contributed by atoms with Gasteiger partial charge in [0.1, 0.15) is 0 Å². The summed E-state index contributed by atoms with van der Waals surface area (Å²) < 4.78 is 0. The minimum atomic E-state index is -0.177. The molecule has 3 nitrogen and oxygen atoms in total. The Bertz CT molecular complexity index is 633. The number of Topliss-reactive ketones (excluding diaryl/α,β-unsaturated/α-hetero) is 1. The summed E-state index contributed by atoms with van der Waals surface area (Å²) in [6, 6.07) is 0. The molecule has 0 bridgehead atoms. The van der Waals surface area contributed by atoms with E-state index in [0.717, 1.165) is 44.9 Å². The normalized spacial score (nSPS) is 47.2. The molecule has 4 rings (SSSR count). The van der Waals surface area contributed by atoms with Crippen LogP contribution < -0.4 is 0 Å². The average molecular weight is 328 g/mol. The van der Waals surface area contributed by atoms with E-state index in [1.807, 2.05) is 6.08 Å². The molecular formula is C21H28O3.